The van der Waals surface area contributed by atoms with E-state index in [-0.39, 0.29) is 6.61 Å². The summed E-state index contributed by atoms with van der Waals surface area (Å²) in [5.74, 6) is 0.570. The van der Waals surface area contributed by atoms with E-state index in [1.54, 1.807) is 0 Å². The van der Waals surface area contributed by atoms with E-state index in [1.165, 1.54) is 23.8 Å². The molecule has 1 aliphatic carbocycles. The summed E-state index contributed by atoms with van der Waals surface area (Å²) >= 11 is 0. The minimum Gasteiger partial charge on any atom is -0.395 e. The molecule has 132 valence electrons. The first-order chi connectivity index (χ1) is 12.2. The maximum atomic E-state index is 8.95. The van der Waals surface area contributed by atoms with Crippen LogP contribution < -0.4 is 5.32 Å². The normalized spacial score (nSPS) is 21.0. The van der Waals surface area contributed by atoms with Gasteiger partial charge in [-0.25, -0.2) is 4.98 Å². The minimum absolute atomic E-state index is 0.213. The fraction of sp³-hybridized carbons (Fsp3) is 0.474. The molecule has 25 heavy (non-hydrogen) atoms. The van der Waals surface area contributed by atoms with Crippen molar-refractivity contribution in [2.24, 2.45) is 7.05 Å². The molecule has 0 aliphatic heterocycles. The van der Waals surface area contributed by atoms with E-state index in [0.29, 0.717) is 18.5 Å². The first-order valence-corrected chi connectivity index (χ1v) is 9.05. The van der Waals surface area contributed by atoms with E-state index in [1.807, 2.05) is 36.5 Å². The third-order valence-electron chi connectivity index (χ3n) is 5.31. The number of nitrogens with zero attached hydrogens (tertiary/aromatic N) is 3. The van der Waals surface area contributed by atoms with Gasteiger partial charge in [0.15, 0.2) is 0 Å². The second-order valence-corrected chi connectivity index (χ2v) is 7.00. The molecule has 0 unspecified atom stereocenters. The van der Waals surface area contributed by atoms with Crippen LogP contribution in [0.3, 0.4) is 0 Å². The third-order valence-corrected chi connectivity index (χ3v) is 5.31. The van der Waals surface area contributed by atoms with Crippen LogP contribution in [-0.4, -0.2) is 44.0 Å². The van der Waals surface area contributed by atoms with E-state index in [2.05, 4.69) is 26.4 Å². The smallest absolute Gasteiger partial charge is 0.137 e. The van der Waals surface area contributed by atoms with Crippen molar-refractivity contribution in [3.63, 3.8) is 0 Å². The number of pyridine rings is 1. The topological polar surface area (TPSA) is 78.8 Å². The highest BCUT2D eigenvalue weighted by Gasteiger charge is 2.23. The van der Waals surface area contributed by atoms with Gasteiger partial charge in [-0.2, -0.15) is 5.10 Å². The number of H-pyrrole nitrogens is 1. The molecule has 1 aliphatic rings. The lowest BCUT2D eigenvalue weighted by Crippen LogP contribution is -2.34. The zero-order valence-electron chi connectivity index (χ0n) is 14.6. The van der Waals surface area contributed by atoms with Crippen LogP contribution in [-0.2, 0) is 7.05 Å². The van der Waals surface area contributed by atoms with Gasteiger partial charge in [0, 0.05) is 54.7 Å². The molecule has 3 N–H and O–H groups in total. The Labute approximate surface area is 147 Å². The maximum Gasteiger partial charge on any atom is 0.137 e. The lowest BCUT2D eigenvalue weighted by Gasteiger charge is -2.29. The Morgan fingerprint density at radius 3 is 2.84 bits per heavy atom. The molecule has 1 fully saturated rings. The number of hydrogen-bond acceptors (Lipinski definition) is 4. The van der Waals surface area contributed by atoms with E-state index >= 15 is 0 Å². The van der Waals surface area contributed by atoms with Gasteiger partial charge in [-0.1, -0.05) is 0 Å². The number of aryl methyl sites for hydroxylation is 1. The molecule has 6 nitrogen and oxygen atoms in total. The first-order valence-electron chi connectivity index (χ1n) is 9.05. The summed E-state index contributed by atoms with van der Waals surface area (Å²) in [4.78, 5) is 7.92. The zero-order chi connectivity index (χ0) is 17.2. The number of nitrogens with one attached hydrogen (secondary N) is 2. The molecule has 3 heterocycles. The molecule has 3 aromatic heterocycles. The second kappa shape index (κ2) is 6.98. The van der Waals surface area contributed by atoms with E-state index < -0.39 is 0 Å². The standard InChI is InChI=1S/C19H25N5O/c1-24-12-15(10-23-24)18-11-22-19-17(18)8-14(9-21-19)13-2-4-16(5-3-13)20-6-7-25/h8-13,16,20,25H,2-7H2,1H3,(H,21,22). The van der Waals surface area contributed by atoms with Crippen molar-refractivity contribution in [3.05, 3.63) is 36.4 Å². The van der Waals surface area contributed by atoms with Crippen molar-refractivity contribution in [2.45, 2.75) is 37.6 Å². The summed E-state index contributed by atoms with van der Waals surface area (Å²) < 4.78 is 1.83. The van der Waals surface area contributed by atoms with Crippen LogP contribution in [0.2, 0.25) is 0 Å². The van der Waals surface area contributed by atoms with Gasteiger partial charge < -0.3 is 15.4 Å². The second-order valence-electron chi connectivity index (χ2n) is 7.00. The lowest BCUT2D eigenvalue weighted by molar-refractivity contribution is 0.267. The predicted octanol–water partition coefficient (Wildman–Crippen LogP) is 2.57. The van der Waals surface area contributed by atoms with Gasteiger partial charge in [0.1, 0.15) is 5.65 Å². The SMILES string of the molecule is Cn1cc(-c2c[nH]c3ncc(C4CCC(NCCO)CC4)cc23)cn1. The quantitative estimate of drug-likeness (QED) is 0.667. The van der Waals surface area contributed by atoms with Crippen LogP contribution in [0, 0.1) is 0 Å². The summed E-state index contributed by atoms with van der Waals surface area (Å²) in [7, 11) is 1.94. The number of aliphatic hydroxyl groups excluding tert-OH is 1. The van der Waals surface area contributed by atoms with Crippen LogP contribution in [0.15, 0.2) is 30.9 Å². The molecule has 0 saturated heterocycles. The van der Waals surface area contributed by atoms with Gasteiger partial charge in [0.2, 0.25) is 0 Å². The predicted molar refractivity (Wildman–Crippen MR) is 98.4 cm³/mol. The van der Waals surface area contributed by atoms with Crippen molar-refractivity contribution >= 4 is 11.0 Å². The van der Waals surface area contributed by atoms with Crippen molar-refractivity contribution in [3.8, 4) is 11.1 Å². The van der Waals surface area contributed by atoms with Gasteiger partial charge in [0.05, 0.1) is 12.8 Å². The van der Waals surface area contributed by atoms with Crippen LogP contribution in [0.4, 0.5) is 0 Å². The number of hydrogen-bond donors (Lipinski definition) is 3. The maximum absolute atomic E-state index is 8.95. The molecule has 1 saturated carbocycles. The third kappa shape index (κ3) is 3.32. The summed E-state index contributed by atoms with van der Waals surface area (Å²) in [5, 5.41) is 17.8. The highest BCUT2D eigenvalue weighted by Crippen LogP contribution is 2.35. The van der Waals surface area contributed by atoms with Crippen molar-refractivity contribution < 1.29 is 5.11 Å². The first kappa shape index (κ1) is 16.3. The van der Waals surface area contributed by atoms with Crippen LogP contribution in [0.5, 0.6) is 0 Å². The fourth-order valence-electron chi connectivity index (χ4n) is 3.94. The molecule has 0 radical (unpaired) electrons. The highest BCUT2D eigenvalue weighted by molar-refractivity contribution is 5.93. The number of fused-ring (bicyclic) bond motifs is 1. The minimum atomic E-state index is 0.213. The van der Waals surface area contributed by atoms with Crippen LogP contribution >= 0.6 is 0 Å². The Hall–Kier alpha value is -2.18. The van der Waals surface area contributed by atoms with Crippen molar-refractivity contribution in [2.75, 3.05) is 13.2 Å². The number of aliphatic hydroxyl groups is 1. The Balaban J connectivity index is 1.55. The summed E-state index contributed by atoms with van der Waals surface area (Å²) in [6, 6.07) is 2.84. The largest absolute Gasteiger partial charge is 0.395 e. The molecular weight excluding hydrogens is 314 g/mol. The molecule has 6 heteroatoms. The number of aromatic amines is 1. The lowest BCUT2D eigenvalue weighted by atomic mass is 9.82. The summed E-state index contributed by atoms with van der Waals surface area (Å²) in [5.41, 5.74) is 4.54. The van der Waals surface area contributed by atoms with Crippen molar-refractivity contribution in [1.82, 2.24) is 25.1 Å². The Morgan fingerprint density at radius 2 is 2.12 bits per heavy atom. The Kier molecular flexibility index (Phi) is 4.55. The van der Waals surface area contributed by atoms with E-state index in [4.69, 9.17) is 5.11 Å². The zero-order valence-corrected chi connectivity index (χ0v) is 14.6. The monoisotopic (exact) mass is 339 g/mol. The average molecular weight is 339 g/mol. The van der Waals surface area contributed by atoms with E-state index in [9.17, 15) is 0 Å². The summed E-state index contributed by atoms with van der Waals surface area (Å²) in [6.45, 7) is 0.909. The molecular formula is C19H25N5O. The van der Waals surface area contributed by atoms with Gasteiger partial charge in [0.25, 0.3) is 0 Å². The summed E-state index contributed by atoms with van der Waals surface area (Å²) in [6.07, 6.45) is 12.6. The highest BCUT2D eigenvalue weighted by atomic mass is 16.3. The molecule has 4 rings (SSSR count). The fourth-order valence-corrected chi connectivity index (χ4v) is 3.94. The van der Waals surface area contributed by atoms with Gasteiger partial charge >= 0.3 is 0 Å². The molecule has 0 aromatic carbocycles. The van der Waals surface area contributed by atoms with Crippen LogP contribution in [0.1, 0.15) is 37.2 Å². The van der Waals surface area contributed by atoms with Crippen molar-refractivity contribution in [1.29, 1.82) is 0 Å². The number of rotatable bonds is 5. The Bertz CT molecular complexity index is 844. The van der Waals surface area contributed by atoms with Gasteiger partial charge in [-0.3, -0.25) is 4.68 Å². The average Bonchev–Trinajstić information content (AvgIpc) is 3.25. The molecule has 0 atom stereocenters. The molecule has 0 bridgehead atoms. The molecule has 3 aromatic rings. The van der Waals surface area contributed by atoms with Crippen LogP contribution in [0.25, 0.3) is 22.2 Å². The van der Waals surface area contributed by atoms with Gasteiger partial charge in [-0.15, -0.1) is 0 Å². The molecule has 0 spiro atoms. The van der Waals surface area contributed by atoms with E-state index in [0.717, 1.165) is 29.6 Å². The Morgan fingerprint density at radius 1 is 1.28 bits per heavy atom. The molecule has 0 amide bonds. The number of aromatic nitrogens is 4. The van der Waals surface area contributed by atoms with Gasteiger partial charge in [-0.05, 0) is 43.2 Å².